The van der Waals surface area contributed by atoms with E-state index in [4.69, 9.17) is 5.73 Å². The molecule has 0 saturated carbocycles. The fourth-order valence-electron chi connectivity index (χ4n) is 1.70. The van der Waals surface area contributed by atoms with Crippen LogP contribution in [0.2, 0.25) is 0 Å². The minimum Gasteiger partial charge on any atom is -0.366 e. The smallest absolute Gasteiger partial charge is 0.248 e. The second-order valence-electron chi connectivity index (χ2n) is 4.41. The number of aromatic nitrogens is 1. The highest BCUT2D eigenvalue weighted by atomic mass is 32.1. The van der Waals surface area contributed by atoms with Crippen molar-refractivity contribution >= 4 is 29.2 Å². The molecular weight excluding hydrogens is 286 g/mol. The Morgan fingerprint density at radius 3 is 2.90 bits per heavy atom. The second kappa shape index (κ2) is 6.81. The molecule has 2 aromatic rings. The lowest BCUT2D eigenvalue weighted by atomic mass is 10.1. The van der Waals surface area contributed by atoms with Gasteiger partial charge in [0.15, 0.2) is 0 Å². The van der Waals surface area contributed by atoms with E-state index in [2.05, 4.69) is 10.3 Å². The van der Waals surface area contributed by atoms with Gasteiger partial charge in [0, 0.05) is 23.6 Å². The summed E-state index contributed by atoms with van der Waals surface area (Å²) in [6.07, 6.45) is 3.10. The number of nitrogens with one attached hydrogen (secondary N) is 1. The average molecular weight is 301 g/mol. The van der Waals surface area contributed by atoms with Crippen LogP contribution >= 0.6 is 11.3 Å². The summed E-state index contributed by atoms with van der Waals surface area (Å²) in [6, 6.07) is 6.85. The van der Waals surface area contributed by atoms with Gasteiger partial charge in [-0.1, -0.05) is 12.1 Å². The van der Waals surface area contributed by atoms with Crippen molar-refractivity contribution in [2.75, 3.05) is 0 Å². The van der Waals surface area contributed by atoms with Crippen LogP contribution in [0.15, 0.2) is 35.7 Å². The highest BCUT2D eigenvalue weighted by Gasteiger charge is 2.02. The SMILES string of the molecule is Cc1nc(/C=C/C(=O)NCc2cccc(C(N)=O)c2)cs1. The molecule has 1 aromatic carbocycles. The molecule has 0 atom stereocenters. The quantitative estimate of drug-likeness (QED) is 0.827. The lowest BCUT2D eigenvalue weighted by Gasteiger charge is -2.04. The van der Waals surface area contributed by atoms with E-state index in [1.54, 1.807) is 24.3 Å². The van der Waals surface area contributed by atoms with E-state index in [0.29, 0.717) is 12.1 Å². The van der Waals surface area contributed by atoms with Crippen molar-refractivity contribution in [3.63, 3.8) is 0 Å². The number of nitrogens with zero attached hydrogens (tertiary/aromatic N) is 1. The van der Waals surface area contributed by atoms with Gasteiger partial charge in [-0.25, -0.2) is 4.98 Å². The molecule has 0 unspecified atom stereocenters. The molecule has 5 nitrogen and oxygen atoms in total. The predicted molar refractivity (Wildman–Crippen MR) is 82.7 cm³/mol. The van der Waals surface area contributed by atoms with E-state index < -0.39 is 5.91 Å². The first-order chi connectivity index (χ1) is 10.0. The molecule has 1 heterocycles. The van der Waals surface area contributed by atoms with Crippen LogP contribution in [0.3, 0.4) is 0 Å². The van der Waals surface area contributed by atoms with Crippen molar-refractivity contribution in [2.45, 2.75) is 13.5 Å². The van der Waals surface area contributed by atoms with Gasteiger partial charge in [0.2, 0.25) is 11.8 Å². The summed E-state index contributed by atoms with van der Waals surface area (Å²) in [7, 11) is 0. The molecule has 1 aromatic heterocycles. The van der Waals surface area contributed by atoms with Gasteiger partial charge in [0.05, 0.1) is 10.7 Å². The molecular formula is C15H15N3O2S. The Morgan fingerprint density at radius 1 is 1.43 bits per heavy atom. The lowest BCUT2D eigenvalue weighted by molar-refractivity contribution is -0.116. The Balaban J connectivity index is 1.90. The molecule has 0 radical (unpaired) electrons. The van der Waals surface area contributed by atoms with Gasteiger partial charge in [-0.3, -0.25) is 9.59 Å². The number of carbonyl (C=O) groups excluding carboxylic acids is 2. The summed E-state index contributed by atoms with van der Waals surface area (Å²) >= 11 is 1.53. The number of benzene rings is 1. The van der Waals surface area contributed by atoms with Crippen molar-refractivity contribution < 1.29 is 9.59 Å². The molecule has 6 heteroatoms. The first-order valence-corrected chi connectivity index (χ1v) is 7.19. The average Bonchev–Trinajstić information content (AvgIpc) is 2.89. The van der Waals surface area contributed by atoms with Crippen LogP contribution in [0, 0.1) is 6.92 Å². The maximum Gasteiger partial charge on any atom is 0.248 e. The summed E-state index contributed by atoms with van der Waals surface area (Å²) in [5.74, 6) is -0.702. The number of rotatable bonds is 5. The number of hydrogen-bond acceptors (Lipinski definition) is 4. The van der Waals surface area contributed by atoms with Crippen molar-refractivity contribution in [1.29, 1.82) is 0 Å². The zero-order valence-corrected chi connectivity index (χ0v) is 12.3. The van der Waals surface area contributed by atoms with Crippen molar-refractivity contribution in [2.24, 2.45) is 5.73 Å². The molecule has 0 spiro atoms. The number of thiazole rings is 1. The first kappa shape index (κ1) is 14.9. The highest BCUT2D eigenvalue weighted by molar-refractivity contribution is 7.09. The lowest BCUT2D eigenvalue weighted by Crippen LogP contribution is -2.20. The number of primary amides is 1. The zero-order valence-electron chi connectivity index (χ0n) is 11.5. The Morgan fingerprint density at radius 2 is 2.24 bits per heavy atom. The Bertz CT molecular complexity index is 692. The van der Waals surface area contributed by atoms with Gasteiger partial charge in [-0.05, 0) is 30.7 Å². The third kappa shape index (κ3) is 4.54. The number of nitrogens with two attached hydrogens (primary N) is 1. The molecule has 0 aliphatic rings. The van der Waals surface area contributed by atoms with Gasteiger partial charge in [-0.2, -0.15) is 0 Å². The first-order valence-electron chi connectivity index (χ1n) is 6.31. The molecule has 2 rings (SSSR count). The van der Waals surface area contributed by atoms with Crippen LogP contribution in [0.25, 0.3) is 6.08 Å². The number of hydrogen-bond donors (Lipinski definition) is 2. The molecule has 0 saturated heterocycles. The molecule has 0 bridgehead atoms. The highest BCUT2D eigenvalue weighted by Crippen LogP contribution is 2.09. The Hall–Kier alpha value is -2.47. The minimum atomic E-state index is -0.484. The van der Waals surface area contributed by atoms with Crippen molar-refractivity contribution in [1.82, 2.24) is 10.3 Å². The van der Waals surface area contributed by atoms with E-state index in [1.165, 1.54) is 17.4 Å². The van der Waals surface area contributed by atoms with Gasteiger partial charge < -0.3 is 11.1 Å². The van der Waals surface area contributed by atoms with Crippen LogP contribution in [0.4, 0.5) is 0 Å². The molecule has 0 fully saturated rings. The minimum absolute atomic E-state index is 0.217. The Kier molecular flexibility index (Phi) is 4.84. The number of amides is 2. The number of aryl methyl sites for hydroxylation is 1. The van der Waals surface area contributed by atoms with Crippen LogP contribution in [-0.4, -0.2) is 16.8 Å². The molecule has 2 amide bonds. The third-order valence-corrected chi connectivity index (χ3v) is 3.51. The summed E-state index contributed by atoms with van der Waals surface area (Å²) in [5, 5.41) is 5.58. The van der Waals surface area contributed by atoms with Crippen LogP contribution < -0.4 is 11.1 Å². The maximum absolute atomic E-state index is 11.7. The topological polar surface area (TPSA) is 85.1 Å². The van der Waals surface area contributed by atoms with E-state index in [9.17, 15) is 9.59 Å². The van der Waals surface area contributed by atoms with Crippen molar-refractivity contribution in [3.8, 4) is 0 Å². The van der Waals surface area contributed by atoms with Crippen LogP contribution in [0.1, 0.15) is 26.6 Å². The fourth-order valence-corrected chi connectivity index (χ4v) is 2.28. The van der Waals surface area contributed by atoms with Crippen molar-refractivity contribution in [3.05, 3.63) is 57.6 Å². The molecule has 21 heavy (non-hydrogen) atoms. The summed E-state index contributed by atoms with van der Waals surface area (Å²) in [5.41, 5.74) is 7.22. The molecule has 108 valence electrons. The van der Waals surface area contributed by atoms with E-state index in [1.807, 2.05) is 18.4 Å². The Labute approximate surface area is 126 Å². The van der Waals surface area contributed by atoms with E-state index in [0.717, 1.165) is 16.3 Å². The van der Waals surface area contributed by atoms with Gasteiger partial charge in [0.1, 0.15) is 0 Å². The molecule has 0 aliphatic heterocycles. The van der Waals surface area contributed by atoms with Gasteiger partial charge >= 0.3 is 0 Å². The van der Waals surface area contributed by atoms with Crippen LogP contribution in [-0.2, 0) is 11.3 Å². The summed E-state index contributed by atoms with van der Waals surface area (Å²) in [4.78, 5) is 27.0. The second-order valence-corrected chi connectivity index (χ2v) is 5.47. The molecule has 3 N–H and O–H groups in total. The van der Waals surface area contributed by atoms with Gasteiger partial charge in [0.25, 0.3) is 0 Å². The number of carbonyl (C=O) groups is 2. The summed E-state index contributed by atoms with van der Waals surface area (Å²) in [6.45, 7) is 2.24. The van der Waals surface area contributed by atoms with Gasteiger partial charge in [-0.15, -0.1) is 11.3 Å². The largest absolute Gasteiger partial charge is 0.366 e. The van der Waals surface area contributed by atoms with E-state index >= 15 is 0 Å². The van der Waals surface area contributed by atoms with Crippen LogP contribution in [0.5, 0.6) is 0 Å². The normalized spacial score (nSPS) is 10.7. The maximum atomic E-state index is 11.7. The molecule has 0 aliphatic carbocycles. The van der Waals surface area contributed by atoms with E-state index in [-0.39, 0.29) is 5.91 Å². The third-order valence-electron chi connectivity index (χ3n) is 2.72. The fraction of sp³-hybridized carbons (Fsp3) is 0.133. The summed E-state index contributed by atoms with van der Waals surface area (Å²) < 4.78 is 0. The monoisotopic (exact) mass is 301 g/mol. The zero-order chi connectivity index (χ0) is 15.2. The standard InChI is InChI=1S/C15H15N3O2S/c1-10-18-13(9-21-10)5-6-14(19)17-8-11-3-2-4-12(7-11)15(16)20/h2-7,9H,8H2,1H3,(H2,16,20)(H,17,19)/b6-5+. The predicted octanol–water partition coefficient (Wildman–Crippen LogP) is 1.88.